The normalized spacial score (nSPS) is 16.4. The van der Waals surface area contributed by atoms with Gasteiger partial charge in [0.05, 0.1) is 17.3 Å². The Balaban J connectivity index is 1.50. The van der Waals surface area contributed by atoms with Gasteiger partial charge in [-0.15, -0.1) is 0 Å². The van der Waals surface area contributed by atoms with E-state index in [1.165, 1.54) is 0 Å². The van der Waals surface area contributed by atoms with Gasteiger partial charge in [0, 0.05) is 12.7 Å². The molecule has 0 aromatic heterocycles. The van der Waals surface area contributed by atoms with Gasteiger partial charge in [0.1, 0.15) is 6.73 Å². The highest BCUT2D eigenvalue weighted by atomic mass is 16.7. The second-order valence-electron chi connectivity index (χ2n) is 9.47. The Morgan fingerprint density at radius 2 is 1.37 bits per heavy atom. The first-order chi connectivity index (χ1) is 18.7. The molecule has 0 fully saturated rings. The first-order valence-corrected chi connectivity index (χ1v) is 13.0. The van der Waals surface area contributed by atoms with Crippen LogP contribution in [0.25, 0.3) is 0 Å². The van der Waals surface area contributed by atoms with Crippen LogP contribution in [-0.2, 0) is 21.5 Å². The van der Waals surface area contributed by atoms with Gasteiger partial charge in [0.25, 0.3) is 0 Å². The van der Waals surface area contributed by atoms with Crippen LogP contribution < -0.4 is 19.7 Å². The minimum atomic E-state index is -0.769. The molecule has 0 aliphatic carbocycles. The van der Waals surface area contributed by atoms with Crippen LogP contribution in [0.1, 0.15) is 29.2 Å². The number of carbonyl (C=O) groups excluding carboxylic acids is 1. The molecule has 2 aliphatic rings. The Labute approximate surface area is 222 Å². The van der Waals surface area contributed by atoms with Crippen molar-refractivity contribution in [3.05, 3.63) is 125 Å². The molecular formula is C32H30N2O4. The molecular weight excluding hydrogens is 476 g/mol. The number of rotatable bonds is 8. The van der Waals surface area contributed by atoms with Gasteiger partial charge in [-0.2, -0.15) is 0 Å². The largest absolute Gasteiger partial charge is 0.454 e. The summed E-state index contributed by atoms with van der Waals surface area (Å²) < 4.78 is 17.0. The van der Waals surface area contributed by atoms with E-state index < -0.39 is 11.6 Å². The van der Waals surface area contributed by atoms with Crippen molar-refractivity contribution in [3.63, 3.8) is 0 Å². The molecule has 6 nitrogen and oxygen atoms in total. The quantitative estimate of drug-likeness (QED) is 0.331. The third-order valence-corrected chi connectivity index (χ3v) is 7.29. The molecule has 0 spiro atoms. The lowest BCUT2D eigenvalue weighted by Crippen LogP contribution is -2.58. The van der Waals surface area contributed by atoms with E-state index in [-0.39, 0.29) is 19.4 Å². The Morgan fingerprint density at radius 3 is 1.89 bits per heavy atom. The van der Waals surface area contributed by atoms with Crippen molar-refractivity contribution < 1.29 is 19.0 Å². The maximum Gasteiger partial charge on any atom is 0.246 e. The number of nitrogens with zero attached hydrogens (tertiary/aromatic N) is 1. The summed E-state index contributed by atoms with van der Waals surface area (Å²) in [4.78, 5) is 15.9. The summed E-state index contributed by atoms with van der Waals surface area (Å²) in [6.45, 7) is 2.77. The number of benzene rings is 4. The Morgan fingerprint density at radius 1 is 0.842 bits per heavy atom. The number of nitrogens with one attached hydrogen (secondary N) is 1. The zero-order valence-corrected chi connectivity index (χ0v) is 21.3. The topological polar surface area (TPSA) is 60.0 Å². The molecule has 2 heterocycles. The highest BCUT2D eigenvalue weighted by molar-refractivity contribution is 6.00. The monoisotopic (exact) mass is 506 g/mol. The third kappa shape index (κ3) is 4.22. The third-order valence-electron chi connectivity index (χ3n) is 7.29. The molecule has 0 saturated heterocycles. The molecule has 192 valence electrons. The lowest BCUT2D eigenvalue weighted by Gasteiger charge is -2.43. The minimum Gasteiger partial charge on any atom is -0.454 e. The van der Waals surface area contributed by atoms with E-state index in [2.05, 4.69) is 41.7 Å². The second-order valence-corrected chi connectivity index (χ2v) is 9.47. The fourth-order valence-corrected chi connectivity index (χ4v) is 5.51. The van der Waals surface area contributed by atoms with Gasteiger partial charge < -0.3 is 14.2 Å². The summed E-state index contributed by atoms with van der Waals surface area (Å²) in [6.07, 6.45) is 0.502. The average Bonchev–Trinajstić information content (AvgIpc) is 3.44. The van der Waals surface area contributed by atoms with Crippen LogP contribution in [0.15, 0.2) is 103 Å². The summed E-state index contributed by atoms with van der Waals surface area (Å²) >= 11 is 0. The van der Waals surface area contributed by atoms with Gasteiger partial charge in [0.15, 0.2) is 11.5 Å². The Hall–Kier alpha value is -4.13. The molecule has 4 aromatic carbocycles. The van der Waals surface area contributed by atoms with E-state index in [4.69, 9.17) is 14.2 Å². The smallest absolute Gasteiger partial charge is 0.246 e. The van der Waals surface area contributed by atoms with Crippen LogP contribution in [0.5, 0.6) is 11.5 Å². The number of anilines is 1. The molecule has 6 heteroatoms. The number of fused-ring (bicyclic) bond motifs is 2. The molecule has 1 amide bonds. The van der Waals surface area contributed by atoms with Crippen LogP contribution in [0.2, 0.25) is 0 Å². The molecule has 0 unspecified atom stereocenters. The van der Waals surface area contributed by atoms with Crippen molar-refractivity contribution in [2.75, 3.05) is 25.0 Å². The van der Waals surface area contributed by atoms with Gasteiger partial charge in [-0.1, -0.05) is 91.0 Å². The maximum absolute atomic E-state index is 14.2. The van der Waals surface area contributed by atoms with Crippen LogP contribution in [0.4, 0.5) is 5.69 Å². The summed E-state index contributed by atoms with van der Waals surface area (Å²) in [5.74, 6) is 1.31. The van der Waals surface area contributed by atoms with E-state index in [9.17, 15) is 4.79 Å². The van der Waals surface area contributed by atoms with Crippen molar-refractivity contribution >= 4 is 11.6 Å². The van der Waals surface area contributed by atoms with Gasteiger partial charge in [-0.3, -0.25) is 15.0 Å². The standard InChI is InChI=1S/C32H30N2O4/c1-2-36-21-34-28-20-30-29(37-22-38-30)19-23(28)18-27(31(34)35)33-32(24-12-6-3-7-13-24,25-14-8-4-9-15-25)26-16-10-5-11-17-26/h3-17,19-20,27,33H,2,18,21-22H2,1H3/t27-/m0/s1. The first kappa shape index (κ1) is 24.2. The van der Waals surface area contributed by atoms with Gasteiger partial charge in [-0.25, -0.2) is 0 Å². The lowest BCUT2D eigenvalue weighted by atomic mass is 9.76. The van der Waals surface area contributed by atoms with E-state index in [0.717, 1.165) is 27.9 Å². The first-order valence-electron chi connectivity index (χ1n) is 13.0. The molecule has 0 bridgehead atoms. The molecule has 6 rings (SSSR count). The van der Waals surface area contributed by atoms with E-state index in [1.807, 2.05) is 73.7 Å². The fourth-order valence-electron chi connectivity index (χ4n) is 5.51. The SMILES string of the molecule is CCOCN1C(=O)[C@@H](NC(c2ccccc2)(c2ccccc2)c2ccccc2)Cc2cc3c(cc21)OCO3. The van der Waals surface area contributed by atoms with E-state index in [0.29, 0.717) is 24.5 Å². The zero-order valence-electron chi connectivity index (χ0n) is 21.3. The molecule has 0 radical (unpaired) electrons. The predicted molar refractivity (Wildman–Crippen MR) is 146 cm³/mol. The number of carbonyl (C=O) groups is 1. The van der Waals surface area contributed by atoms with Crippen LogP contribution in [0, 0.1) is 0 Å². The molecule has 4 aromatic rings. The predicted octanol–water partition coefficient (Wildman–Crippen LogP) is 5.25. The second kappa shape index (κ2) is 10.3. The summed E-state index contributed by atoms with van der Waals surface area (Å²) in [6, 6.07) is 34.3. The molecule has 0 saturated carbocycles. The number of hydrogen-bond acceptors (Lipinski definition) is 5. The Kier molecular flexibility index (Phi) is 6.58. The lowest BCUT2D eigenvalue weighted by molar-refractivity contribution is -0.122. The molecule has 1 atom stereocenters. The van der Waals surface area contributed by atoms with Crippen LogP contribution in [-0.4, -0.2) is 32.1 Å². The van der Waals surface area contributed by atoms with Crippen molar-refractivity contribution in [1.82, 2.24) is 5.32 Å². The van der Waals surface area contributed by atoms with E-state index in [1.54, 1.807) is 4.90 Å². The molecule has 2 aliphatic heterocycles. The van der Waals surface area contributed by atoms with Gasteiger partial charge >= 0.3 is 0 Å². The number of hydrogen-bond donors (Lipinski definition) is 1. The molecule has 1 N–H and O–H groups in total. The van der Waals surface area contributed by atoms with Gasteiger partial charge in [0.2, 0.25) is 12.7 Å². The Bertz CT molecular complexity index is 1310. The van der Waals surface area contributed by atoms with Crippen LogP contribution in [0.3, 0.4) is 0 Å². The number of ether oxygens (including phenoxy) is 3. The van der Waals surface area contributed by atoms with Crippen LogP contribution >= 0.6 is 0 Å². The van der Waals surface area contributed by atoms with Crippen molar-refractivity contribution in [2.45, 2.75) is 24.9 Å². The van der Waals surface area contributed by atoms with Crippen molar-refractivity contribution in [2.24, 2.45) is 0 Å². The fraction of sp³-hybridized carbons (Fsp3) is 0.219. The summed E-state index contributed by atoms with van der Waals surface area (Å²) in [5, 5.41) is 3.86. The van der Waals surface area contributed by atoms with Gasteiger partial charge in [-0.05, 0) is 41.7 Å². The number of amides is 1. The molecule has 38 heavy (non-hydrogen) atoms. The van der Waals surface area contributed by atoms with Crippen molar-refractivity contribution in [1.29, 1.82) is 0 Å². The van der Waals surface area contributed by atoms with E-state index >= 15 is 0 Å². The minimum absolute atomic E-state index is 0.0445. The highest BCUT2D eigenvalue weighted by Crippen LogP contribution is 2.43. The highest BCUT2D eigenvalue weighted by Gasteiger charge is 2.43. The van der Waals surface area contributed by atoms with Crippen molar-refractivity contribution in [3.8, 4) is 11.5 Å². The average molecular weight is 507 g/mol. The zero-order chi connectivity index (χ0) is 26.0. The maximum atomic E-state index is 14.2. The summed E-state index contributed by atoms with van der Waals surface area (Å²) in [5.41, 5.74) is 4.20. The summed E-state index contributed by atoms with van der Waals surface area (Å²) in [7, 11) is 0.